The molecule has 4 amide bonds. The average molecular weight is 623 g/mol. The summed E-state index contributed by atoms with van der Waals surface area (Å²) in [7, 11) is 0. The maximum Gasteiger partial charge on any atom is 0.246 e. The van der Waals surface area contributed by atoms with Gasteiger partial charge in [-0.25, -0.2) is 4.90 Å². The van der Waals surface area contributed by atoms with E-state index in [1.54, 1.807) is 37.3 Å². The summed E-state index contributed by atoms with van der Waals surface area (Å²) in [4.78, 5) is 60.4. The van der Waals surface area contributed by atoms with Crippen molar-refractivity contribution in [3.05, 3.63) is 106 Å². The molecule has 1 saturated carbocycles. The third kappa shape index (κ3) is 4.09. The largest absolute Gasteiger partial charge is 0.508 e. The van der Waals surface area contributed by atoms with Crippen LogP contribution in [-0.4, -0.2) is 39.2 Å². The Balaban J connectivity index is 1.50. The average Bonchev–Trinajstić information content (AvgIpc) is 3.40. The molecule has 2 aliphatic heterocycles. The number of anilines is 1. The normalized spacial score (nSPS) is 29.4. The lowest BCUT2D eigenvalue weighted by Gasteiger charge is -2.50. The number of carbonyl (C=O) groups is 4. The van der Waals surface area contributed by atoms with Crippen LogP contribution in [0, 0.1) is 30.6 Å². The number of amides is 4. The highest BCUT2D eigenvalue weighted by Gasteiger charge is 2.70. The number of hydrogen-bond donors (Lipinski definition) is 1. The van der Waals surface area contributed by atoms with E-state index in [2.05, 4.69) is 6.08 Å². The summed E-state index contributed by atoms with van der Waals surface area (Å²) in [5, 5.41) is 10.9. The van der Waals surface area contributed by atoms with Crippen LogP contribution in [-0.2, 0) is 24.6 Å². The second-order valence-corrected chi connectivity index (χ2v) is 14.3. The van der Waals surface area contributed by atoms with Gasteiger partial charge in [0.25, 0.3) is 0 Å². The Kier molecular flexibility index (Phi) is 6.64. The summed E-state index contributed by atoms with van der Waals surface area (Å²) in [5.74, 6) is -4.00. The molecule has 3 aromatic rings. The van der Waals surface area contributed by atoms with Crippen LogP contribution in [0.25, 0.3) is 0 Å². The molecule has 0 radical (unpaired) electrons. The van der Waals surface area contributed by atoms with Crippen LogP contribution in [0.3, 0.4) is 0 Å². The minimum Gasteiger partial charge on any atom is -0.508 e. The van der Waals surface area contributed by atoms with Crippen molar-refractivity contribution in [3.63, 3.8) is 0 Å². The second kappa shape index (κ2) is 10.1. The Labute approximate surface area is 267 Å². The van der Waals surface area contributed by atoms with E-state index in [4.69, 9.17) is 11.6 Å². The third-order valence-electron chi connectivity index (χ3n) is 10.4. The van der Waals surface area contributed by atoms with Crippen LogP contribution in [0.1, 0.15) is 56.2 Å². The lowest BCUT2D eigenvalue weighted by atomic mass is 9.49. The van der Waals surface area contributed by atoms with E-state index in [1.807, 2.05) is 63.2 Å². The zero-order valence-electron chi connectivity index (χ0n) is 25.7. The summed E-state index contributed by atoms with van der Waals surface area (Å²) in [6.07, 6.45) is 2.67. The van der Waals surface area contributed by atoms with Gasteiger partial charge in [0.15, 0.2) is 0 Å². The molecule has 7 nitrogen and oxygen atoms in total. The Morgan fingerprint density at radius 2 is 1.60 bits per heavy atom. The van der Waals surface area contributed by atoms with Crippen LogP contribution in [0.15, 0.2) is 84.4 Å². The Bertz CT molecular complexity index is 1810. The minimum atomic E-state index is -1.34. The first-order valence-electron chi connectivity index (χ1n) is 15.4. The molecule has 230 valence electrons. The maximum absolute atomic E-state index is 15.2. The molecule has 7 rings (SSSR count). The summed E-state index contributed by atoms with van der Waals surface area (Å²) in [6.45, 7) is 7.39. The van der Waals surface area contributed by atoms with Gasteiger partial charge in [0.2, 0.25) is 23.6 Å². The molecule has 6 unspecified atom stereocenters. The first-order valence-corrected chi connectivity index (χ1v) is 15.8. The number of carbonyl (C=O) groups excluding carboxylic acids is 4. The van der Waals surface area contributed by atoms with Crippen LogP contribution >= 0.6 is 11.6 Å². The Hall–Kier alpha value is -4.23. The van der Waals surface area contributed by atoms with Crippen molar-refractivity contribution in [3.8, 4) is 5.75 Å². The highest BCUT2D eigenvalue weighted by molar-refractivity contribution is 6.32. The van der Waals surface area contributed by atoms with Gasteiger partial charge in [0, 0.05) is 16.5 Å². The number of rotatable bonds is 3. The van der Waals surface area contributed by atoms with E-state index in [-0.39, 0.29) is 35.8 Å². The molecular formula is C37H35ClN2O5. The van der Waals surface area contributed by atoms with E-state index in [0.29, 0.717) is 28.3 Å². The van der Waals surface area contributed by atoms with E-state index >= 15 is 4.79 Å². The number of hydrogen-bond acceptors (Lipinski definition) is 5. The van der Waals surface area contributed by atoms with E-state index < -0.39 is 40.5 Å². The number of phenolic OH excluding ortho intramolecular Hbond substituents is 1. The molecular weight excluding hydrogens is 588 g/mol. The Morgan fingerprint density at radius 1 is 0.867 bits per heavy atom. The monoisotopic (exact) mass is 622 g/mol. The maximum atomic E-state index is 15.2. The van der Waals surface area contributed by atoms with E-state index in [1.165, 1.54) is 9.80 Å². The van der Waals surface area contributed by atoms with E-state index in [0.717, 1.165) is 11.1 Å². The zero-order valence-corrected chi connectivity index (χ0v) is 26.4. The minimum absolute atomic E-state index is 0.126. The van der Waals surface area contributed by atoms with Crippen LogP contribution in [0.2, 0.25) is 5.02 Å². The van der Waals surface area contributed by atoms with E-state index in [9.17, 15) is 19.5 Å². The van der Waals surface area contributed by atoms with Gasteiger partial charge in [-0.15, -0.1) is 0 Å². The van der Waals surface area contributed by atoms with Crippen LogP contribution in [0.4, 0.5) is 5.69 Å². The van der Waals surface area contributed by atoms with Crippen LogP contribution in [0.5, 0.6) is 5.75 Å². The first-order chi connectivity index (χ1) is 21.4. The summed E-state index contributed by atoms with van der Waals surface area (Å²) in [6, 6.07) is 21.5. The second-order valence-electron chi connectivity index (χ2n) is 13.8. The number of halogens is 1. The fraction of sp³-hybridized carbons (Fsp3) is 0.351. The van der Waals surface area contributed by atoms with Gasteiger partial charge in [-0.2, -0.15) is 0 Å². The van der Waals surface area contributed by atoms with Gasteiger partial charge in [-0.3, -0.25) is 24.1 Å². The molecule has 45 heavy (non-hydrogen) atoms. The number of aryl methyl sites for hydroxylation is 1. The molecule has 0 spiro atoms. The van der Waals surface area contributed by atoms with Gasteiger partial charge in [0.05, 0.1) is 28.9 Å². The Morgan fingerprint density at radius 3 is 2.27 bits per heavy atom. The zero-order chi connectivity index (χ0) is 32.0. The van der Waals surface area contributed by atoms with Gasteiger partial charge in [-0.05, 0) is 87.4 Å². The molecule has 2 saturated heterocycles. The standard InChI is InChI=1S/C37H35ClN2O5/c1-20-17-21(13-16-29(20)41)31-25-14-15-26-30(34(44)40(32(26)42)36(2,3)4)27(25)19-28-33(43)39(24-12-8-11-23(38)18-24)35(45)37(28,31)22-9-6-5-7-10-22/h5-14,16-18,26-28,30-31,41H,15,19H2,1-4H3. The van der Waals surface area contributed by atoms with Crippen molar-refractivity contribution >= 4 is 40.9 Å². The summed E-state index contributed by atoms with van der Waals surface area (Å²) < 4.78 is 0. The quantitative estimate of drug-likeness (QED) is 0.273. The topological polar surface area (TPSA) is 95.0 Å². The fourth-order valence-electron chi connectivity index (χ4n) is 8.64. The van der Waals surface area contributed by atoms with Crippen molar-refractivity contribution in [2.45, 2.75) is 57.4 Å². The van der Waals surface area contributed by atoms with Crippen molar-refractivity contribution in [1.29, 1.82) is 0 Å². The van der Waals surface area contributed by atoms with Crippen LogP contribution < -0.4 is 4.90 Å². The van der Waals surface area contributed by atoms with Crippen molar-refractivity contribution in [2.24, 2.45) is 23.7 Å². The van der Waals surface area contributed by atoms with Gasteiger partial charge in [0.1, 0.15) is 5.75 Å². The van der Waals surface area contributed by atoms with Crippen molar-refractivity contribution in [2.75, 3.05) is 4.90 Å². The molecule has 0 bridgehead atoms. The number of nitrogens with zero attached hydrogens (tertiary/aromatic N) is 2. The number of fused-ring (bicyclic) bond motifs is 4. The molecule has 8 heteroatoms. The smallest absolute Gasteiger partial charge is 0.246 e. The molecule has 0 aromatic heterocycles. The number of benzene rings is 3. The van der Waals surface area contributed by atoms with Crippen molar-refractivity contribution < 1.29 is 24.3 Å². The third-order valence-corrected chi connectivity index (χ3v) is 10.6. The summed E-state index contributed by atoms with van der Waals surface area (Å²) in [5.41, 5.74) is 1.38. The molecule has 4 aliphatic rings. The lowest BCUT2D eigenvalue weighted by molar-refractivity contribution is -0.145. The van der Waals surface area contributed by atoms with Gasteiger partial charge >= 0.3 is 0 Å². The number of imide groups is 2. The molecule has 3 fully saturated rings. The molecule has 2 aliphatic carbocycles. The molecule has 3 aromatic carbocycles. The summed E-state index contributed by atoms with van der Waals surface area (Å²) >= 11 is 6.36. The SMILES string of the molecule is Cc1cc(C2C3=CCC4C(=O)N(C(C)(C)C)C(=O)C4C3CC3C(=O)N(c4cccc(Cl)c4)C(=O)C32c2ccccc2)ccc1O. The molecule has 6 atom stereocenters. The van der Waals surface area contributed by atoms with Crippen molar-refractivity contribution in [1.82, 2.24) is 4.90 Å². The highest BCUT2D eigenvalue weighted by Crippen LogP contribution is 2.64. The predicted octanol–water partition coefficient (Wildman–Crippen LogP) is 6.31. The lowest BCUT2D eigenvalue weighted by Crippen LogP contribution is -2.53. The number of likely N-dealkylation sites (tertiary alicyclic amines) is 1. The number of aromatic hydroxyl groups is 1. The predicted molar refractivity (Wildman–Crippen MR) is 171 cm³/mol. The highest BCUT2D eigenvalue weighted by atomic mass is 35.5. The number of allylic oxidation sites excluding steroid dienone is 2. The van der Waals surface area contributed by atoms with Gasteiger partial charge in [-0.1, -0.05) is 71.8 Å². The molecule has 2 heterocycles. The molecule has 1 N–H and O–H groups in total. The number of phenols is 1. The fourth-order valence-corrected chi connectivity index (χ4v) is 8.82. The van der Waals surface area contributed by atoms with Gasteiger partial charge < -0.3 is 5.11 Å². The first kappa shape index (κ1) is 29.5.